The fourth-order valence-electron chi connectivity index (χ4n) is 4.09. The molecular formula is C25H24N4O3. The first-order chi connectivity index (χ1) is 15.7. The van der Waals surface area contributed by atoms with E-state index in [9.17, 15) is 4.79 Å². The number of fused-ring (bicyclic) bond motifs is 2. The summed E-state index contributed by atoms with van der Waals surface area (Å²) in [6, 6.07) is 15.7. The predicted molar refractivity (Wildman–Crippen MR) is 121 cm³/mol. The van der Waals surface area contributed by atoms with Crippen molar-refractivity contribution in [3.05, 3.63) is 60.4 Å². The van der Waals surface area contributed by atoms with Gasteiger partial charge in [-0.15, -0.1) is 0 Å². The lowest BCUT2D eigenvalue weighted by molar-refractivity contribution is 0.0303. The molecule has 2 aromatic heterocycles. The van der Waals surface area contributed by atoms with E-state index in [0.29, 0.717) is 31.9 Å². The molecule has 0 atom stereocenters. The lowest BCUT2D eigenvalue weighted by Crippen LogP contribution is -2.40. The minimum atomic E-state index is 0.0413. The predicted octanol–water partition coefficient (Wildman–Crippen LogP) is 3.83. The Morgan fingerprint density at radius 1 is 1.03 bits per heavy atom. The molecule has 0 bridgehead atoms. The van der Waals surface area contributed by atoms with Crippen molar-refractivity contribution in [1.29, 1.82) is 0 Å². The number of benzene rings is 2. The molecule has 7 nitrogen and oxygen atoms in total. The zero-order valence-electron chi connectivity index (χ0n) is 17.7. The Bertz CT molecular complexity index is 1310. The molecule has 1 aliphatic heterocycles. The number of carbonyl (C=O) groups is 1. The maximum absolute atomic E-state index is 12.8. The van der Waals surface area contributed by atoms with E-state index in [0.717, 1.165) is 46.0 Å². The van der Waals surface area contributed by atoms with Crippen LogP contribution in [-0.4, -0.2) is 58.3 Å². The van der Waals surface area contributed by atoms with E-state index in [1.165, 1.54) is 12.8 Å². The van der Waals surface area contributed by atoms with Crippen LogP contribution in [0.4, 0.5) is 0 Å². The zero-order chi connectivity index (χ0) is 21.5. The molecule has 162 valence electrons. The van der Waals surface area contributed by atoms with Crippen LogP contribution in [0.1, 0.15) is 23.2 Å². The largest absolute Gasteiger partial charge is 0.493 e. The van der Waals surface area contributed by atoms with Crippen LogP contribution in [0.15, 0.2) is 54.9 Å². The van der Waals surface area contributed by atoms with Crippen LogP contribution in [0.3, 0.4) is 0 Å². The van der Waals surface area contributed by atoms with Crippen LogP contribution in [0.5, 0.6) is 5.75 Å². The molecular weight excluding hydrogens is 404 g/mol. The van der Waals surface area contributed by atoms with Gasteiger partial charge in [-0.05, 0) is 61.2 Å². The number of morpholine rings is 1. The van der Waals surface area contributed by atoms with Crippen LogP contribution in [-0.2, 0) is 4.74 Å². The highest BCUT2D eigenvalue weighted by atomic mass is 16.5. The molecule has 1 saturated carbocycles. The van der Waals surface area contributed by atoms with Gasteiger partial charge in [0.05, 0.1) is 36.4 Å². The Morgan fingerprint density at radius 3 is 2.75 bits per heavy atom. The van der Waals surface area contributed by atoms with Gasteiger partial charge in [0.25, 0.3) is 5.91 Å². The molecule has 4 aromatic rings. The summed E-state index contributed by atoms with van der Waals surface area (Å²) < 4.78 is 13.2. The van der Waals surface area contributed by atoms with Gasteiger partial charge in [0.1, 0.15) is 17.9 Å². The van der Waals surface area contributed by atoms with Gasteiger partial charge in [0, 0.05) is 30.1 Å². The average molecular weight is 428 g/mol. The lowest BCUT2D eigenvalue weighted by atomic mass is 10.1. The summed E-state index contributed by atoms with van der Waals surface area (Å²) in [5.74, 6) is 2.41. The number of rotatable bonds is 5. The molecule has 7 heteroatoms. The van der Waals surface area contributed by atoms with Crippen molar-refractivity contribution in [2.24, 2.45) is 5.92 Å². The maximum atomic E-state index is 12.8. The quantitative estimate of drug-likeness (QED) is 0.483. The lowest BCUT2D eigenvalue weighted by Gasteiger charge is -2.26. The minimum absolute atomic E-state index is 0.0413. The van der Waals surface area contributed by atoms with E-state index in [-0.39, 0.29) is 5.91 Å². The van der Waals surface area contributed by atoms with Gasteiger partial charge in [-0.3, -0.25) is 9.36 Å². The van der Waals surface area contributed by atoms with Crippen LogP contribution >= 0.6 is 0 Å². The highest BCUT2D eigenvalue weighted by Gasteiger charge is 2.22. The minimum Gasteiger partial charge on any atom is -0.493 e. The van der Waals surface area contributed by atoms with E-state index >= 15 is 0 Å². The summed E-state index contributed by atoms with van der Waals surface area (Å²) in [6.45, 7) is 3.24. The number of aromatic nitrogens is 3. The third kappa shape index (κ3) is 3.69. The fourth-order valence-corrected chi connectivity index (χ4v) is 4.09. The third-order valence-electron chi connectivity index (χ3n) is 6.17. The van der Waals surface area contributed by atoms with Crippen molar-refractivity contribution in [1.82, 2.24) is 19.4 Å². The fraction of sp³-hybridized carbons (Fsp3) is 0.320. The van der Waals surface area contributed by atoms with Crippen LogP contribution in [0, 0.1) is 5.92 Å². The second-order valence-corrected chi connectivity index (χ2v) is 8.50. The molecule has 2 fully saturated rings. The second-order valence-electron chi connectivity index (χ2n) is 8.50. The smallest absolute Gasteiger partial charge is 0.254 e. The van der Waals surface area contributed by atoms with Gasteiger partial charge in [-0.2, -0.15) is 0 Å². The molecule has 6 rings (SSSR count). The van der Waals surface area contributed by atoms with E-state index in [1.54, 1.807) is 6.33 Å². The third-order valence-corrected chi connectivity index (χ3v) is 6.17. The van der Waals surface area contributed by atoms with Crippen molar-refractivity contribution in [3.63, 3.8) is 0 Å². The molecule has 0 unspecified atom stereocenters. The molecule has 2 aromatic carbocycles. The van der Waals surface area contributed by atoms with Crippen molar-refractivity contribution in [2.45, 2.75) is 12.8 Å². The first kappa shape index (κ1) is 19.3. The van der Waals surface area contributed by atoms with Crippen molar-refractivity contribution in [3.8, 4) is 11.6 Å². The highest BCUT2D eigenvalue weighted by molar-refractivity contribution is 5.98. The molecule has 3 heterocycles. The number of hydrogen-bond acceptors (Lipinski definition) is 5. The first-order valence-corrected chi connectivity index (χ1v) is 11.1. The first-order valence-electron chi connectivity index (χ1n) is 11.1. The monoisotopic (exact) mass is 428 g/mol. The van der Waals surface area contributed by atoms with Crippen molar-refractivity contribution in [2.75, 3.05) is 32.9 Å². The number of amides is 1. The molecule has 0 N–H and O–H groups in total. The summed E-state index contributed by atoms with van der Waals surface area (Å²) in [4.78, 5) is 24.0. The summed E-state index contributed by atoms with van der Waals surface area (Å²) >= 11 is 0. The van der Waals surface area contributed by atoms with Crippen molar-refractivity contribution >= 4 is 27.8 Å². The van der Waals surface area contributed by atoms with Gasteiger partial charge in [0.2, 0.25) is 0 Å². The Kier molecular flexibility index (Phi) is 4.76. The Morgan fingerprint density at radius 2 is 1.91 bits per heavy atom. The van der Waals surface area contributed by atoms with Gasteiger partial charge >= 0.3 is 0 Å². The topological polar surface area (TPSA) is 69.5 Å². The van der Waals surface area contributed by atoms with Gasteiger partial charge in [-0.1, -0.05) is 0 Å². The summed E-state index contributed by atoms with van der Waals surface area (Å²) in [7, 11) is 0. The highest BCUT2D eigenvalue weighted by Crippen LogP contribution is 2.30. The van der Waals surface area contributed by atoms with E-state index in [1.807, 2.05) is 58.0 Å². The van der Waals surface area contributed by atoms with Crippen LogP contribution < -0.4 is 4.74 Å². The summed E-state index contributed by atoms with van der Waals surface area (Å²) in [6.07, 6.45) is 4.33. The van der Waals surface area contributed by atoms with Gasteiger partial charge < -0.3 is 14.4 Å². The zero-order valence-corrected chi connectivity index (χ0v) is 17.7. The summed E-state index contributed by atoms with van der Waals surface area (Å²) in [5, 5.41) is 0.938. The Labute approximate surface area is 185 Å². The number of pyridine rings is 1. The number of hydrogen-bond donors (Lipinski definition) is 0. The molecule has 1 saturated heterocycles. The normalized spacial score (nSPS) is 16.6. The Hall–Kier alpha value is -3.45. The van der Waals surface area contributed by atoms with Crippen molar-refractivity contribution < 1.29 is 14.3 Å². The van der Waals surface area contributed by atoms with Crippen LogP contribution in [0.2, 0.25) is 0 Å². The number of imidazole rings is 1. The van der Waals surface area contributed by atoms with E-state index in [4.69, 9.17) is 14.5 Å². The molecule has 1 amide bonds. The SMILES string of the molecule is O=C(c1ccc2nc(-n3cnc4cc(OCC5CC5)ccc43)ccc2c1)N1CCOCC1. The molecule has 0 radical (unpaired) electrons. The average Bonchev–Trinajstić information content (AvgIpc) is 3.59. The van der Waals surface area contributed by atoms with Crippen LogP contribution in [0.25, 0.3) is 27.8 Å². The standard InChI is InChI=1S/C25H24N4O3/c30-25(28-9-11-31-12-10-28)19-3-6-21-18(13-19)4-8-24(27-21)29-16-26-22-14-20(5-7-23(22)29)32-15-17-1-2-17/h3-8,13-14,16-17H,1-2,9-12,15H2. The van der Waals surface area contributed by atoms with E-state index in [2.05, 4.69) is 4.98 Å². The van der Waals surface area contributed by atoms with Gasteiger partial charge in [0.15, 0.2) is 0 Å². The number of nitrogens with zero attached hydrogens (tertiary/aromatic N) is 4. The molecule has 1 aliphatic carbocycles. The molecule has 32 heavy (non-hydrogen) atoms. The maximum Gasteiger partial charge on any atom is 0.254 e. The molecule has 0 spiro atoms. The second kappa shape index (κ2) is 7.91. The number of carbonyl (C=O) groups excluding carboxylic acids is 1. The van der Waals surface area contributed by atoms with E-state index < -0.39 is 0 Å². The van der Waals surface area contributed by atoms with Gasteiger partial charge in [-0.25, -0.2) is 9.97 Å². The summed E-state index contributed by atoms with van der Waals surface area (Å²) in [5.41, 5.74) is 3.38. The molecule has 2 aliphatic rings. The number of ether oxygens (including phenoxy) is 2. The Balaban J connectivity index is 1.27.